The molecule has 282 valence electrons. The number of benzene rings is 3. The van der Waals surface area contributed by atoms with Crippen LogP contribution < -0.4 is 21.3 Å². The monoisotopic (exact) mass is 736 g/mol. The number of nitriles is 1. The molecule has 0 radical (unpaired) electrons. The van der Waals surface area contributed by atoms with E-state index in [9.17, 15) is 19.6 Å². The van der Waals surface area contributed by atoms with E-state index >= 15 is 0 Å². The summed E-state index contributed by atoms with van der Waals surface area (Å²) in [5.74, 6) is 0.872. The van der Waals surface area contributed by atoms with Gasteiger partial charge in [0.2, 0.25) is 17.8 Å². The number of carbonyl (C=O) groups is 1. The highest BCUT2D eigenvalue weighted by atomic mass is 19.1. The minimum atomic E-state index is -0.969. The van der Waals surface area contributed by atoms with Gasteiger partial charge in [-0.15, -0.1) is 0 Å². The quantitative estimate of drug-likeness (QED) is 0.0911. The molecule has 5 aromatic rings. The van der Waals surface area contributed by atoms with Crippen molar-refractivity contribution in [2.24, 2.45) is 0 Å². The fraction of sp³-hybridized carbons (Fsp3) is 0.368. The van der Waals surface area contributed by atoms with Crippen molar-refractivity contribution in [2.75, 3.05) is 49.2 Å². The molecule has 1 unspecified atom stereocenters. The number of fused-ring (bicyclic) bond motifs is 1. The smallest absolute Gasteiger partial charge is 0.410 e. The summed E-state index contributed by atoms with van der Waals surface area (Å²) in [6.07, 6.45) is -0.861. The number of nitrogens with one attached hydrogen (secondary N) is 5. The molecule has 1 aliphatic heterocycles. The number of carbonyl (C=O) groups excluding carboxylic acids is 1. The Morgan fingerprint density at radius 1 is 0.981 bits per heavy atom. The first kappa shape index (κ1) is 37.9. The van der Waals surface area contributed by atoms with Crippen molar-refractivity contribution in [1.82, 2.24) is 40.0 Å². The fourth-order valence-electron chi connectivity index (χ4n) is 5.98. The Labute approximate surface area is 313 Å². The topological polar surface area (TPSA) is 192 Å². The van der Waals surface area contributed by atoms with Gasteiger partial charge in [0.15, 0.2) is 0 Å². The fourth-order valence-corrected chi connectivity index (χ4v) is 5.98. The SMILES string of the molecule is CNC(O)[C@H](Cc1ccc(C#N)cc1)Nc1nc(NCc2nc3cc(F)ccc3[nH]2)nc(Nc2cccc(CN3CCN(C(=O)OC(C)(C)C)CC3)c2)n1. The molecule has 2 aromatic heterocycles. The molecular weight excluding hydrogens is 691 g/mol. The van der Waals surface area contributed by atoms with Gasteiger partial charge in [-0.2, -0.15) is 20.2 Å². The van der Waals surface area contributed by atoms with Crippen molar-refractivity contribution < 1.29 is 19.0 Å². The second-order valence-corrected chi connectivity index (χ2v) is 14.1. The number of aromatic nitrogens is 5. The normalized spacial score (nSPS) is 14.6. The maximum atomic E-state index is 13.8. The number of aromatic amines is 1. The van der Waals surface area contributed by atoms with Gasteiger partial charge in [-0.25, -0.2) is 14.2 Å². The summed E-state index contributed by atoms with van der Waals surface area (Å²) in [6, 6.07) is 21.0. The van der Waals surface area contributed by atoms with E-state index in [4.69, 9.17) is 4.74 Å². The van der Waals surface area contributed by atoms with Crippen LogP contribution >= 0.6 is 0 Å². The molecule has 3 heterocycles. The number of hydrogen-bond donors (Lipinski definition) is 6. The van der Waals surface area contributed by atoms with Crippen LogP contribution in [-0.2, 0) is 24.2 Å². The Bertz CT molecular complexity index is 2090. The molecule has 0 bridgehead atoms. The van der Waals surface area contributed by atoms with Crippen LogP contribution in [0.5, 0.6) is 0 Å². The van der Waals surface area contributed by atoms with E-state index in [0.717, 1.165) is 29.9 Å². The molecule has 54 heavy (non-hydrogen) atoms. The Morgan fingerprint density at radius 2 is 1.72 bits per heavy atom. The number of amides is 1. The lowest BCUT2D eigenvalue weighted by Gasteiger charge is -2.35. The van der Waals surface area contributed by atoms with Crippen LogP contribution in [0.1, 0.15) is 43.3 Å². The van der Waals surface area contributed by atoms with Gasteiger partial charge < -0.3 is 35.7 Å². The first-order valence-corrected chi connectivity index (χ1v) is 17.7. The molecular formula is C38H45FN12O3. The van der Waals surface area contributed by atoms with E-state index < -0.39 is 17.9 Å². The number of imidazole rings is 1. The summed E-state index contributed by atoms with van der Waals surface area (Å²) in [5, 5.41) is 32.8. The van der Waals surface area contributed by atoms with Crippen LogP contribution in [0, 0.1) is 17.1 Å². The molecule has 16 heteroatoms. The molecule has 0 aliphatic carbocycles. The number of rotatable bonds is 13. The van der Waals surface area contributed by atoms with Gasteiger partial charge in [0.1, 0.15) is 23.5 Å². The third kappa shape index (κ3) is 10.4. The van der Waals surface area contributed by atoms with Gasteiger partial charge in [0, 0.05) is 44.5 Å². The van der Waals surface area contributed by atoms with E-state index in [2.05, 4.69) is 57.2 Å². The van der Waals surface area contributed by atoms with Gasteiger partial charge in [0.25, 0.3) is 0 Å². The summed E-state index contributed by atoms with van der Waals surface area (Å²) in [6.45, 7) is 9.11. The van der Waals surface area contributed by atoms with E-state index in [-0.39, 0.29) is 36.3 Å². The van der Waals surface area contributed by atoms with Crippen molar-refractivity contribution in [3.05, 3.63) is 95.1 Å². The number of anilines is 4. The van der Waals surface area contributed by atoms with Crippen molar-refractivity contribution in [3.63, 3.8) is 0 Å². The van der Waals surface area contributed by atoms with Gasteiger partial charge in [0.05, 0.1) is 35.3 Å². The number of likely N-dealkylation sites (N-methyl/N-ethyl adjacent to an activating group) is 1. The third-order valence-corrected chi connectivity index (χ3v) is 8.69. The van der Waals surface area contributed by atoms with Gasteiger partial charge in [-0.05, 0) is 81.8 Å². The minimum Gasteiger partial charge on any atom is -0.444 e. The predicted molar refractivity (Wildman–Crippen MR) is 203 cm³/mol. The summed E-state index contributed by atoms with van der Waals surface area (Å²) < 4.78 is 19.3. The number of H-pyrrole nitrogens is 1. The standard InChI is InChI=1S/C38H45FN12O3/c1-38(2,3)54-37(53)51-16-14-50(15-17-51)23-26-6-5-7-28(18-26)43-35-47-34(42-22-32-44-29-13-12-27(39)20-30(29)45-32)48-36(49-35)46-31(33(52)41-4)19-24-8-10-25(21-40)11-9-24/h5-13,18,20,31,33,41,52H,14-17,19,22-23H2,1-4H3,(H,44,45)(H3,42,43,46,47,48,49)/t31-,33?/m0/s1. The van der Waals surface area contributed by atoms with Crippen LogP contribution in [0.3, 0.4) is 0 Å². The Morgan fingerprint density at radius 3 is 2.44 bits per heavy atom. The summed E-state index contributed by atoms with van der Waals surface area (Å²) in [5.41, 5.74) is 3.93. The van der Waals surface area contributed by atoms with Crippen molar-refractivity contribution in [3.8, 4) is 6.07 Å². The Hall–Kier alpha value is -5.89. The molecule has 15 nitrogen and oxygen atoms in total. The second kappa shape index (κ2) is 16.8. The molecule has 6 rings (SSSR count). The zero-order valence-electron chi connectivity index (χ0n) is 30.7. The van der Waals surface area contributed by atoms with E-state index in [0.29, 0.717) is 48.5 Å². The van der Waals surface area contributed by atoms with Crippen LogP contribution in [0.2, 0.25) is 0 Å². The Kier molecular flexibility index (Phi) is 11.8. The van der Waals surface area contributed by atoms with Crippen LogP contribution in [0.4, 0.5) is 32.7 Å². The van der Waals surface area contributed by atoms with Crippen molar-refractivity contribution in [2.45, 2.75) is 58.2 Å². The molecule has 0 saturated carbocycles. The number of hydrogen-bond acceptors (Lipinski definition) is 13. The number of piperazine rings is 1. The highest BCUT2D eigenvalue weighted by Gasteiger charge is 2.26. The lowest BCUT2D eigenvalue weighted by Crippen LogP contribution is -2.49. The molecule has 1 aliphatic rings. The highest BCUT2D eigenvalue weighted by molar-refractivity contribution is 5.75. The number of aliphatic hydroxyl groups excluding tert-OH is 1. The number of nitrogens with zero attached hydrogens (tertiary/aromatic N) is 7. The van der Waals surface area contributed by atoms with Crippen LogP contribution in [0.15, 0.2) is 66.7 Å². The number of aliphatic hydroxyl groups is 1. The maximum Gasteiger partial charge on any atom is 0.410 e. The zero-order valence-corrected chi connectivity index (χ0v) is 30.7. The lowest BCUT2D eigenvalue weighted by atomic mass is 10.0. The Balaban J connectivity index is 1.19. The van der Waals surface area contributed by atoms with Crippen molar-refractivity contribution in [1.29, 1.82) is 5.26 Å². The van der Waals surface area contributed by atoms with Crippen molar-refractivity contribution >= 4 is 40.7 Å². The zero-order chi connectivity index (χ0) is 38.2. The third-order valence-electron chi connectivity index (χ3n) is 8.69. The predicted octanol–water partition coefficient (Wildman–Crippen LogP) is 4.73. The molecule has 0 spiro atoms. The largest absolute Gasteiger partial charge is 0.444 e. The average Bonchev–Trinajstić information content (AvgIpc) is 3.55. The van der Waals surface area contributed by atoms with E-state index in [1.165, 1.54) is 12.1 Å². The first-order chi connectivity index (χ1) is 25.9. The summed E-state index contributed by atoms with van der Waals surface area (Å²) in [7, 11) is 1.65. The van der Waals surface area contributed by atoms with Crippen LogP contribution in [-0.4, -0.2) is 97.0 Å². The molecule has 2 atom stereocenters. The van der Waals surface area contributed by atoms with Gasteiger partial charge >= 0.3 is 6.09 Å². The van der Waals surface area contributed by atoms with Crippen LogP contribution in [0.25, 0.3) is 11.0 Å². The summed E-state index contributed by atoms with van der Waals surface area (Å²) >= 11 is 0. The molecule has 1 amide bonds. The second-order valence-electron chi connectivity index (χ2n) is 14.1. The first-order valence-electron chi connectivity index (χ1n) is 17.7. The molecule has 6 N–H and O–H groups in total. The number of ether oxygens (including phenoxy) is 1. The highest BCUT2D eigenvalue weighted by Crippen LogP contribution is 2.21. The average molecular weight is 737 g/mol. The molecule has 1 saturated heterocycles. The maximum absolute atomic E-state index is 13.8. The van der Waals surface area contributed by atoms with E-state index in [1.807, 2.05) is 57.2 Å². The minimum absolute atomic E-state index is 0.202. The molecule has 3 aromatic carbocycles. The number of halogens is 1. The van der Waals surface area contributed by atoms with Gasteiger partial charge in [-0.3, -0.25) is 10.2 Å². The van der Waals surface area contributed by atoms with Gasteiger partial charge in [-0.1, -0.05) is 24.3 Å². The summed E-state index contributed by atoms with van der Waals surface area (Å²) in [4.78, 5) is 38.1. The van der Waals surface area contributed by atoms with E-state index in [1.54, 1.807) is 30.1 Å². The lowest BCUT2D eigenvalue weighted by molar-refractivity contribution is 0.0139. The molecule has 1 fully saturated rings.